The van der Waals surface area contributed by atoms with Gasteiger partial charge in [0.15, 0.2) is 6.10 Å². The molecule has 26 heavy (non-hydrogen) atoms. The number of hydrogen-bond donors (Lipinski definition) is 2. The first-order chi connectivity index (χ1) is 12.6. The number of carbonyl (C=O) groups is 2. The molecule has 0 aromatic heterocycles. The van der Waals surface area contributed by atoms with Gasteiger partial charge < -0.3 is 20.1 Å². The number of rotatable bonds is 6. The highest BCUT2D eigenvalue weighted by atomic mass is 16.5. The molecule has 0 spiro atoms. The Morgan fingerprint density at radius 1 is 1.04 bits per heavy atom. The number of carbonyl (C=O) groups excluding carboxylic acids is 2. The molecule has 2 aromatic carbocycles. The van der Waals surface area contributed by atoms with Crippen LogP contribution in [0.2, 0.25) is 0 Å². The third kappa shape index (κ3) is 4.83. The number of anilines is 2. The molecular weight excluding hydrogens is 332 g/mol. The van der Waals surface area contributed by atoms with E-state index >= 15 is 0 Å². The molecule has 0 bridgehead atoms. The minimum atomic E-state index is -0.628. The Balaban J connectivity index is 1.51. The zero-order valence-electron chi connectivity index (χ0n) is 14.6. The minimum Gasteiger partial charge on any atom is -0.481 e. The second-order valence-electron chi connectivity index (χ2n) is 6.13. The van der Waals surface area contributed by atoms with Crippen LogP contribution in [0.1, 0.15) is 19.8 Å². The van der Waals surface area contributed by atoms with Gasteiger partial charge in [-0.2, -0.15) is 0 Å². The van der Waals surface area contributed by atoms with E-state index in [1.54, 1.807) is 43.3 Å². The monoisotopic (exact) mass is 354 g/mol. The van der Waals surface area contributed by atoms with Gasteiger partial charge in [0.25, 0.3) is 11.8 Å². The largest absolute Gasteiger partial charge is 0.481 e. The van der Waals surface area contributed by atoms with Crippen molar-refractivity contribution in [2.75, 3.05) is 17.2 Å². The summed E-state index contributed by atoms with van der Waals surface area (Å²) in [6, 6.07) is 16.1. The van der Waals surface area contributed by atoms with Crippen LogP contribution >= 0.6 is 0 Å². The van der Waals surface area contributed by atoms with E-state index in [4.69, 9.17) is 9.47 Å². The van der Waals surface area contributed by atoms with Crippen LogP contribution in [0, 0.1) is 0 Å². The molecule has 2 unspecified atom stereocenters. The van der Waals surface area contributed by atoms with Gasteiger partial charge in [0.2, 0.25) is 0 Å². The van der Waals surface area contributed by atoms with Crippen molar-refractivity contribution >= 4 is 23.2 Å². The molecule has 136 valence electrons. The van der Waals surface area contributed by atoms with Crippen LogP contribution in [0.15, 0.2) is 54.6 Å². The molecule has 6 heteroatoms. The quantitative estimate of drug-likeness (QED) is 0.835. The average Bonchev–Trinajstić information content (AvgIpc) is 3.19. The minimum absolute atomic E-state index is 0.135. The van der Waals surface area contributed by atoms with E-state index in [2.05, 4.69) is 10.6 Å². The van der Waals surface area contributed by atoms with Crippen molar-refractivity contribution in [3.8, 4) is 5.75 Å². The van der Waals surface area contributed by atoms with Crippen molar-refractivity contribution in [2.24, 2.45) is 0 Å². The fraction of sp³-hybridized carbons (Fsp3) is 0.300. The van der Waals surface area contributed by atoms with Gasteiger partial charge in [-0.05, 0) is 56.2 Å². The molecule has 6 nitrogen and oxygen atoms in total. The van der Waals surface area contributed by atoms with E-state index in [9.17, 15) is 9.59 Å². The Labute approximate surface area is 152 Å². The summed E-state index contributed by atoms with van der Waals surface area (Å²) in [5.41, 5.74) is 1.30. The zero-order chi connectivity index (χ0) is 18.4. The van der Waals surface area contributed by atoms with Crippen molar-refractivity contribution in [1.29, 1.82) is 0 Å². The Bertz CT molecular complexity index is 740. The number of ether oxygens (including phenoxy) is 2. The van der Waals surface area contributed by atoms with Crippen LogP contribution in [-0.2, 0) is 14.3 Å². The zero-order valence-corrected chi connectivity index (χ0v) is 14.6. The van der Waals surface area contributed by atoms with Crippen molar-refractivity contribution in [3.63, 3.8) is 0 Å². The predicted octanol–water partition coefficient (Wildman–Crippen LogP) is 3.21. The van der Waals surface area contributed by atoms with E-state index in [0.29, 0.717) is 23.7 Å². The standard InChI is InChI=1S/C20H22N2O4/c1-14(26-17-6-3-2-4-7-17)19(23)21-15-9-11-16(12-10-15)22-20(24)18-8-5-13-25-18/h2-4,6-7,9-12,14,18H,5,8,13H2,1H3,(H,21,23)(H,22,24). The van der Waals surface area contributed by atoms with E-state index in [0.717, 1.165) is 12.8 Å². The maximum Gasteiger partial charge on any atom is 0.265 e. The maximum absolute atomic E-state index is 12.2. The number of amides is 2. The first-order valence-electron chi connectivity index (χ1n) is 8.67. The Morgan fingerprint density at radius 3 is 2.31 bits per heavy atom. The molecule has 0 saturated carbocycles. The summed E-state index contributed by atoms with van der Waals surface area (Å²) in [6.07, 6.45) is 0.660. The van der Waals surface area contributed by atoms with Crippen LogP contribution in [-0.4, -0.2) is 30.6 Å². The van der Waals surface area contributed by atoms with Gasteiger partial charge in [0.05, 0.1) is 0 Å². The Hall–Kier alpha value is -2.86. The number of nitrogens with one attached hydrogen (secondary N) is 2. The van der Waals surface area contributed by atoms with Crippen LogP contribution in [0.4, 0.5) is 11.4 Å². The Morgan fingerprint density at radius 2 is 1.69 bits per heavy atom. The lowest BCUT2D eigenvalue weighted by molar-refractivity contribution is -0.124. The lowest BCUT2D eigenvalue weighted by atomic mass is 10.2. The van der Waals surface area contributed by atoms with Gasteiger partial charge >= 0.3 is 0 Å². The number of hydrogen-bond acceptors (Lipinski definition) is 4. The van der Waals surface area contributed by atoms with Crippen molar-refractivity contribution in [3.05, 3.63) is 54.6 Å². The van der Waals surface area contributed by atoms with Gasteiger partial charge in [-0.15, -0.1) is 0 Å². The van der Waals surface area contributed by atoms with Crippen LogP contribution in [0.25, 0.3) is 0 Å². The third-order valence-corrected chi connectivity index (χ3v) is 4.07. The lowest BCUT2D eigenvalue weighted by Crippen LogP contribution is -2.30. The first-order valence-corrected chi connectivity index (χ1v) is 8.67. The van der Waals surface area contributed by atoms with E-state index in [1.165, 1.54) is 0 Å². The molecule has 1 aliphatic rings. The summed E-state index contributed by atoms with van der Waals surface area (Å²) < 4.78 is 11.0. The van der Waals surface area contributed by atoms with Crippen molar-refractivity contribution < 1.29 is 19.1 Å². The second kappa shape index (κ2) is 8.49. The topological polar surface area (TPSA) is 76.7 Å². The summed E-state index contributed by atoms with van der Waals surface area (Å²) in [6.45, 7) is 2.32. The van der Waals surface area contributed by atoms with E-state index in [-0.39, 0.29) is 17.9 Å². The number of para-hydroxylation sites is 1. The SMILES string of the molecule is CC(Oc1ccccc1)C(=O)Nc1ccc(NC(=O)C2CCCO2)cc1. The number of benzene rings is 2. The molecule has 0 aliphatic carbocycles. The van der Waals surface area contributed by atoms with E-state index in [1.807, 2.05) is 18.2 Å². The van der Waals surface area contributed by atoms with Crippen LogP contribution < -0.4 is 15.4 Å². The summed E-state index contributed by atoms with van der Waals surface area (Å²) in [5, 5.41) is 5.61. The molecule has 0 radical (unpaired) electrons. The molecule has 2 aromatic rings. The molecule has 2 amide bonds. The molecule has 1 aliphatic heterocycles. The van der Waals surface area contributed by atoms with Crippen molar-refractivity contribution in [2.45, 2.75) is 32.0 Å². The smallest absolute Gasteiger partial charge is 0.265 e. The van der Waals surface area contributed by atoms with Gasteiger partial charge in [-0.3, -0.25) is 9.59 Å². The summed E-state index contributed by atoms with van der Waals surface area (Å²) in [7, 11) is 0. The fourth-order valence-corrected chi connectivity index (χ4v) is 2.64. The maximum atomic E-state index is 12.2. The summed E-state index contributed by atoms with van der Waals surface area (Å²) >= 11 is 0. The van der Waals surface area contributed by atoms with Crippen molar-refractivity contribution in [1.82, 2.24) is 0 Å². The molecule has 2 N–H and O–H groups in total. The van der Waals surface area contributed by atoms with Crippen LogP contribution in [0.3, 0.4) is 0 Å². The molecule has 1 fully saturated rings. The molecule has 1 saturated heterocycles. The van der Waals surface area contributed by atoms with Crippen LogP contribution in [0.5, 0.6) is 5.75 Å². The first kappa shape index (κ1) is 17.9. The highest BCUT2D eigenvalue weighted by molar-refractivity contribution is 5.96. The molecule has 2 atom stereocenters. The van der Waals surface area contributed by atoms with Gasteiger partial charge in [-0.1, -0.05) is 18.2 Å². The fourth-order valence-electron chi connectivity index (χ4n) is 2.64. The lowest BCUT2D eigenvalue weighted by Gasteiger charge is -2.15. The normalized spacial score (nSPS) is 17.3. The molecular formula is C20H22N2O4. The van der Waals surface area contributed by atoms with Gasteiger partial charge in [0, 0.05) is 18.0 Å². The molecule has 1 heterocycles. The Kier molecular flexibility index (Phi) is 5.86. The van der Waals surface area contributed by atoms with E-state index < -0.39 is 6.10 Å². The third-order valence-electron chi connectivity index (χ3n) is 4.07. The summed E-state index contributed by atoms with van der Waals surface area (Å²) in [4.78, 5) is 24.2. The highest BCUT2D eigenvalue weighted by Gasteiger charge is 2.23. The summed E-state index contributed by atoms with van der Waals surface area (Å²) in [5.74, 6) is 0.261. The van der Waals surface area contributed by atoms with Gasteiger partial charge in [-0.25, -0.2) is 0 Å². The molecule has 3 rings (SSSR count). The highest BCUT2D eigenvalue weighted by Crippen LogP contribution is 2.18. The average molecular weight is 354 g/mol. The predicted molar refractivity (Wildman–Crippen MR) is 99.2 cm³/mol. The second-order valence-corrected chi connectivity index (χ2v) is 6.13. The van der Waals surface area contributed by atoms with Gasteiger partial charge in [0.1, 0.15) is 11.9 Å².